The van der Waals surface area contributed by atoms with Gasteiger partial charge >= 0.3 is 18.1 Å². The van der Waals surface area contributed by atoms with Crippen molar-refractivity contribution in [2.75, 3.05) is 45.9 Å². The van der Waals surface area contributed by atoms with E-state index in [1.165, 1.54) is 51.1 Å². The molecular formula is C56H67F3N2O8. The Labute approximate surface area is 404 Å². The third-order valence-corrected chi connectivity index (χ3v) is 13.5. The number of benzene rings is 4. The minimum atomic E-state index is -4.51. The molecule has 2 fully saturated rings. The number of carbonyl (C=O) groups is 2. The van der Waals surface area contributed by atoms with Gasteiger partial charge in [-0.05, 0) is 154 Å². The number of rotatable bonds is 18. The molecule has 0 radical (unpaired) electrons. The minimum absolute atomic E-state index is 0.0545. The summed E-state index contributed by atoms with van der Waals surface area (Å²) in [5, 5.41) is 18.2. The van der Waals surface area contributed by atoms with Crippen molar-refractivity contribution in [2.24, 2.45) is 17.8 Å². The van der Waals surface area contributed by atoms with E-state index in [0.717, 1.165) is 79.4 Å². The fourth-order valence-electron chi connectivity index (χ4n) is 9.66. The Kier molecular flexibility index (Phi) is 16.5. The number of likely N-dealkylation sites (tertiary alicyclic amines) is 2. The maximum Gasteiger partial charge on any atom is 0.416 e. The van der Waals surface area contributed by atoms with Gasteiger partial charge < -0.3 is 29.2 Å². The number of hydrogen-bond acceptors (Lipinski definition) is 8. The number of aryl methyl sites for hydroxylation is 2. The van der Waals surface area contributed by atoms with E-state index in [2.05, 4.69) is 73.9 Å². The highest BCUT2D eigenvalue weighted by Gasteiger charge is 2.36. The highest BCUT2D eigenvalue weighted by Crippen LogP contribution is 2.39. The predicted molar refractivity (Wildman–Crippen MR) is 262 cm³/mol. The highest BCUT2D eigenvalue weighted by molar-refractivity contribution is 5.75. The molecule has 2 heterocycles. The van der Waals surface area contributed by atoms with E-state index in [0.29, 0.717) is 51.1 Å². The van der Waals surface area contributed by atoms with Crippen molar-refractivity contribution in [2.45, 2.75) is 106 Å². The number of fused-ring (bicyclic) bond motifs is 2. The zero-order valence-electron chi connectivity index (χ0n) is 41.0. The maximum atomic E-state index is 13.6. The van der Waals surface area contributed by atoms with Gasteiger partial charge in [-0.25, -0.2) is 0 Å². The molecule has 2 saturated heterocycles. The summed E-state index contributed by atoms with van der Waals surface area (Å²) >= 11 is 0. The molecule has 4 aromatic carbocycles. The summed E-state index contributed by atoms with van der Waals surface area (Å²) in [5.41, 5.74) is 11.7. The van der Waals surface area contributed by atoms with Crippen LogP contribution < -0.4 is 18.9 Å². The molecule has 0 spiro atoms. The number of aliphatic carboxylic acids is 2. The van der Waals surface area contributed by atoms with Gasteiger partial charge in [0.15, 0.2) is 0 Å². The average Bonchev–Trinajstić information content (AvgIpc) is 3.25. The van der Waals surface area contributed by atoms with Crippen LogP contribution in [0.5, 0.6) is 23.0 Å². The smallest absolute Gasteiger partial charge is 0.416 e. The summed E-state index contributed by atoms with van der Waals surface area (Å²) in [7, 11) is 0. The largest absolute Gasteiger partial charge is 0.493 e. The van der Waals surface area contributed by atoms with E-state index in [9.17, 15) is 22.8 Å². The van der Waals surface area contributed by atoms with Crippen molar-refractivity contribution >= 4 is 23.1 Å². The van der Waals surface area contributed by atoms with Crippen LogP contribution in [-0.2, 0) is 48.2 Å². The normalized spacial score (nSPS) is 16.6. The summed E-state index contributed by atoms with van der Waals surface area (Å²) in [6.07, 6.45) is -0.00934. The monoisotopic (exact) mass is 952 g/mol. The molecule has 0 unspecified atom stereocenters. The van der Waals surface area contributed by atoms with Crippen LogP contribution in [0.4, 0.5) is 13.2 Å². The van der Waals surface area contributed by atoms with E-state index < -0.39 is 23.7 Å². The molecule has 4 aromatic rings. The van der Waals surface area contributed by atoms with Gasteiger partial charge in [0, 0.05) is 50.4 Å². The highest BCUT2D eigenvalue weighted by atomic mass is 19.4. The second kappa shape index (κ2) is 22.3. The van der Waals surface area contributed by atoms with Gasteiger partial charge in [-0.1, -0.05) is 55.3 Å². The first-order valence-electron chi connectivity index (χ1n) is 24.3. The lowest BCUT2D eigenvalue weighted by Gasteiger charge is -2.38. The van der Waals surface area contributed by atoms with Gasteiger partial charge in [-0.15, -0.1) is 0 Å². The molecule has 2 N–H and O–H groups in total. The van der Waals surface area contributed by atoms with Crippen molar-refractivity contribution in [3.63, 3.8) is 0 Å². The zero-order valence-corrected chi connectivity index (χ0v) is 41.0. The first kappa shape index (κ1) is 51.1. The van der Waals surface area contributed by atoms with E-state index in [4.69, 9.17) is 29.2 Å². The number of allylic oxidation sites excluding steroid dienone is 2. The summed E-state index contributed by atoms with van der Waals surface area (Å²) in [6.45, 7) is 19.3. The Hall–Kier alpha value is -5.79. The molecule has 8 rings (SSSR count). The molecule has 0 amide bonds. The second-order valence-corrected chi connectivity index (χ2v) is 19.6. The lowest BCUT2D eigenvalue weighted by atomic mass is 9.85. The second-order valence-electron chi connectivity index (χ2n) is 19.6. The molecule has 69 heavy (non-hydrogen) atoms. The average molecular weight is 953 g/mol. The maximum absolute atomic E-state index is 13.6. The van der Waals surface area contributed by atoms with Crippen molar-refractivity contribution in [3.8, 4) is 23.0 Å². The molecule has 4 aliphatic rings. The number of ether oxygens (including phenoxy) is 4. The van der Waals surface area contributed by atoms with Crippen LogP contribution in [0, 0.1) is 17.8 Å². The topological polar surface area (TPSA) is 118 Å². The van der Waals surface area contributed by atoms with Crippen LogP contribution in [0.1, 0.15) is 106 Å². The number of carboxylic acids is 2. The lowest BCUT2D eigenvalue weighted by molar-refractivity contribution is -0.148. The standard InChI is InChI=1S/C29H37NO4.C27H30F3NO4/c1-5-33-28-13-21(12-19(2)3)6-7-24(28)18-34-26-10-11-27-20(4)23(9-8-22(27)14-26)15-30-16-25(17-30)29(31)32;1-16(2)35-23-7-6-20(25(11-23)27(28,29)30)15-34-22-8-9-24-17(3)19(5-4-18(24)10-22)12-31-13-21(14-31)26(32)33/h6-7,10-11,13-14,19,25H,5,8-9,12,15-18H2,1-4H3,(H,31,32);6-11,16,21H,4-5,12-15H2,1-3H3,(H,32,33). The Balaban J connectivity index is 0.000000204. The molecule has 2 aliphatic heterocycles. The van der Waals surface area contributed by atoms with Gasteiger partial charge in [-0.2, -0.15) is 13.2 Å². The summed E-state index contributed by atoms with van der Waals surface area (Å²) < 4.78 is 64.2. The van der Waals surface area contributed by atoms with E-state index >= 15 is 0 Å². The van der Waals surface area contributed by atoms with E-state index in [1.807, 2.05) is 19.1 Å². The molecule has 2 aliphatic carbocycles. The van der Waals surface area contributed by atoms with E-state index in [-0.39, 0.29) is 35.9 Å². The first-order valence-corrected chi connectivity index (χ1v) is 24.3. The van der Waals surface area contributed by atoms with Gasteiger partial charge in [0.2, 0.25) is 0 Å². The summed E-state index contributed by atoms with van der Waals surface area (Å²) in [4.78, 5) is 26.5. The van der Waals surface area contributed by atoms with Crippen molar-refractivity contribution in [1.82, 2.24) is 9.80 Å². The predicted octanol–water partition coefficient (Wildman–Crippen LogP) is 11.4. The van der Waals surface area contributed by atoms with Crippen molar-refractivity contribution < 1.29 is 51.9 Å². The van der Waals surface area contributed by atoms with Gasteiger partial charge in [0.25, 0.3) is 0 Å². The number of hydrogen-bond donors (Lipinski definition) is 2. The third-order valence-electron chi connectivity index (χ3n) is 13.5. The molecule has 370 valence electrons. The fraction of sp³-hybridized carbons (Fsp3) is 0.464. The molecule has 0 atom stereocenters. The van der Waals surface area contributed by atoms with Crippen LogP contribution in [-0.4, -0.2) is 83.9 Å². The van der Waals surface area contributed by atoms with Crippen LogP contribution in [0.25, 0.3) is 11.1 Å². The fourth-order valence-corrected chi connectivity index (χ4v) is 9.66. The van der Waals surface area contributed by atoms with Crippen molar-refractivity contribution in [1.29, 1.82) is 0 Å². The Bertz CT molecular complexity index is 2550. The zero-order chi connectivity index (χ0) is 49.6. The quantitative estimate of drug-likeness (QED) is 0.0998. The van der Waals surface area contributed by atoms with E-state index in [1.54, 1.807) is 19.9 Å². The number of halogens is 3. The van der Waals surface area contributed by atoms with Gasteiger partial charge in [-0.3, -0.25) is 19.4 Å². The lowest BCUT2D eigenvalue weighted by Crippen LogP contribution is -2.50. The minimum Gasteiger partial charge on any atom is -0.493 e. The first-order chi connectivity index (χ1) is 32.8. The van der Waals surface area contributed by atoms with Gasteiger partial charge in [0.05, 0.1) is 30.1 Å². The Morgan fingerprint density at radius 2 is 1.14 bits per heavy atom. The summed E-state index contributed by atoms with van der Waals surface area (Å²) in [5.74, 6) is 1.22. The summed E-state index contributed by atoms with van der Waals surface area (Å²) in [6, 6.07) is 22.5. The van der Waals surface area contributed by atoms with Crippen LogP contribution in [0.3, 0.4) is 0 Å². The molecule has 0 saturated carbocycles. The number of carboxylic acid groups (broad SMARTS) is 2. The van der Waals surface area contributed by atoms with Crippen LogP contribution in [0.15, 0.2) is 83.9 Å². The van der Waals surface area contributed by atoms with Gasteiger partial charge in [0.1, 0.15) is 36.2 Å². The number of nitrogens with zero attached hydrogens (tertiary/aromatic N) is 2. The molecule has 10 nitrogen and oxygen atoms in total. The third kappa shape index (κ3) is 13.1. The molecule has 0 bridgehead atoms. The molecule has 0 aromatic heterocycles. The van der Waals surface area contributed by atoms with Crippen LogP contribution >= 0.6 is 0 Å². The Morgan fingerprint density at radius 3 is 1.61 bits per heavy atom. The molecule has 13 heteroatoms. The van der Waals surface area contributed by atoms with Crippen LogP contribution in [0.2, 0.25) is 0 Å². The Morgan fingerprint density at radius 1 is 0.652 bits per heavy atom. The van der Waals surface area contributed by atoms with Crippen molar-refractivity contribution in [3.05, 3.63) is 128 Å². The molecular weight excluding hydrogens is 886 g/mol. The number of alkyl halides is 3. The SMILES string of the molecule is CC1=C(CN2CC(C(=O)O)C2)CCc2cc(OCc3ccc(OC(C)C)cc3C(F)(F)F)ccc21.CCOc1cc(CC(C)C)ccc1COc1ccc2c(c1)CCC(CN1CC(C(=O)O)C1)=C2C.